The second kappa shape index (κ2) is 10.1. The molecule has 10 heteroatoms. The fourth-order valence-electron chi connectivity index (χ4n) is 4.16. The van der Waals surface area contributed by atoms with E-state index in [1.807, 2.05) is 6.92 Å². The van der Waals surface area contributed by atoms with Gasteiger partial charge in [-0.25, -0.2) is 13.2 Å². The van der Waals surface area contributed by atoms with Gasteiger partial charge in [-0.1, -0.05) is 22.8 Å². The minimum Gasteiger partial charge on any atom is -0.411 e. The summed E-state index contributed by atoms with van der Waals surface area (Å²) in [5.41, 5.74) is 1.36. The van der Waals surface area contributed by atoms with Crippen LogP contribution in [0, 0.1) is 17.5 Å². The molecular weight excluding hydrogens is 457 g/mol. The molecule has 2 aromatic carbocycles. The number of ether oxygens (including phenoxy) is 1. The van der Waals surface area contributed by atoms with Gasteiger partial charge in [0.25, 0.3) is 0 Å². The lowest BCUT2D eigenvalue weighted by Gasteiger charge is -2.28. The standard InChI is InChI=1S/C23H24ClF3N4O2/c1-13(12-31-4-6-33-7-5-31)28-21-11-16-15(10-19(26)22(27)23(16)29-21)20(30-32)9-14-2-3-18(25)17(24)8-14/h2-3,8,10,13,32H,4-7,9,11-12H2,1H3,(H,28,29)/b30-20+. The highest BCUT2D eigenvalue weighted by molar-refractivity contribution is 6.30. The van der Waals surface area contributed by atoms with E-state index in [0.717, 1.165) is 25.7 Å². The molecule has 1 atom stereocenters. The highest BCUT2D eigenvalue weighted by atomic mass is 35.5. The maximum absolute atomic E-state index is 14.6. The lowest BCUT2D eigenvalue weighted by atomic mass is 9.95. The van der Waals surface area contributed by atoms with Crippen molar-refractivity contribution in [3.63, 3.8) is 0 Å². The van der Waals surface area contributed by atoms with E-state index in [0.29, 0.717) is 30.2 Å². The summed E-state index contributed by atoms with van der Waals surface area (Å²) < 4.78 is 47.8. The van der Waals surface area contributed by atoms with Gasteiger partial charge in [-0.15, -0.1) is 0 Å². The van der Waals surface area contributed by atoms with Crippen LogP contribution < -0.4 is 5.32 Å². The summed E-state index contributed by atoms with van der Waals surface area (Å²) in [4.78, 5) is 6.91. The number of morpholine rings is 1. The Morgan fingerprint density at radius 2 is 1.97 bits per heavy atom. The summed E-state index contributed by atoms with van der Waals surface area (Å²) in [6.07, 6.45) is 0.284. The smallest absolute Gasteiger partial charge is 0.182 e. The maximum Gasteiger partial charge on any atom is 0.182 e. The second-order valence-electron chi connectivity index (χ2n) is 8.18. The van der Waals surface area contributed by atoms with Crippen LogP contribution in [0.3, 0.4) is 0 Å². The molecule has 0 aliphatic carbocycles. The van der Waals surface area contributed by atoms with Crippen LogP contribution in [0.15, 0.2) is 34.4 Å². The molecule has 0 saturated carbocycles. The van der Waals surface area contributed by atoms with Gasteiger partial charge in [0, 0.05) is 38.0 Å². The largest absolute Gasteiger partial charge is 0.411 e. The van der Waals surface area contributed by atoms with Gasteiger partial charge in [-0.05, 0) is 36.2 Å². The van der Waals surface area contributed by atoms with Crippen LogP contribution in [0.1, 0.15) is 23.6 Å². The molecule has 2 aromatic rings. The van der Waals surface area contributed by atoms with E-state index < -0.39 is 17.5 Å². The molecule has 2 N–H and O–H groups in total. The van der Waals surface area contributed by atoms with Gasteiger partial charge in [0.05, 0.1) is 35.7 Å². The van der Waals surface area contributed by atoms with Crippen LogP contribution in [0.4, 0.5) is 18.9 Å². The third-order valence-electron chi connectivity index (χ3n) is 5.73. The molecule has 2 aliphatic rings. The first-order chi connectivity index (χ1) is 15.9. The lowest BCUT2D eigenvalue weighted by molar-refractivity contribution is 0.0361. The Hall–Kier alpha value is -2.62. The van der Waals surface area contributed by atoms with Crippen molar-refractivity contribution in [3.8, 4) is 0 Å². The molecule has 0 spiro atoms. The first kappa shape index (κ1) is 23.5. The number of aliphatic imine (C=N–C) groups is 1. The fourth-order valence-corrected chi connectivity index (χ4v) is 4.36. The van der Waals surface area contributed by atoms with E-state index >= 15 is 0 Å². The van der Waals surface area contributed by atoms with Crippen molar-refractivity contribution in [3.05, 3.63) is 63.4 Å². The predicted octanol–water partition coefficient (Wildman–Crippen LogP) is 4.27. The van der Waals surface area contributed by atoms with E-state index in [2.05, 4.69) is 20.4 Å². The van der Waals surface area contributed by atoms with E-state index in [4.69, 9.17) is 16.3 Å². The van der Waals surface area contributed by atoms with Crippen molar-refractivity contribution in [2.45, 2.75) is 25.8 Å². The number of nitrogens with one attached hydrogen (secondary N) is 1. The zero-order valence-corrected chi connectivity index (χ0v) is 18.8. The molecule has 0 bridgehead atoms. The molecule has 1 unspecified atom stereocenters. The monoisotopic (exact) mass is 480 g/mol. The minimum atomic E-state index is -1.07. The van der Waals surface area contributed by atoms with Crippen molar-refractivity contribution in [1.82, 2.24) is 4.90 Å². The Balaban J connectivity index is 1.58. The molecule has 4 rings (SSSR count). The molecular formula is C23H24ClF3N4O2. The summed E-state index contributed by atoms with van der Waals surface area (Å²) in [5, 5.41) is 15.8. The van der Waals surface area contributed by atoms with Crippen molar-refractivity contribution in [2.75, 3.05) is 38.2 Å². The molecule has 6 nitrogen and oxygen atoms in total. The molecule has 1 saturated heterocycles. The van der Waals surface area contributed by atoms with E-state index in [1.165, 1.54) is 18.2 Å². The Bertz CT molecular complexity index is 1100. The van der Waals surface area contributed by atoms with Gasteiger partial charge < -0.3 is 15.3 Å². The number of anilines is 1. The van der Waals surface area contributed by atoms with Crippen molar-refractivity contribution >= 4 is 28.8 Å². The average Bonchev–Trinajstić information content (AvgIpc) is 3.21. The number of halogens is 4. The third-order valence-corrected chi connectivity index (χ3v) is 6.02. The van der Waals surface area contributed by atoms with Gasteiger partial charge in [0.2, 0.25) is 0 Å². The highest BCUT2D eigenvalue weighted by Gasteiger charge is 2.29. The minimum absolute atomic E-state index is 0.0133. The number of hydrogen-bond donors (Lipinski definition) is 2. The zero-order chi connectivity index (χ0) is 23.5. The molecule has 0 radical (unpaired) electrons. The third kappa shape index (κ3) is 5.31. The second-order valence-corrected chi connectivity index (χ2v) is 8.59. The van der Waals surface area contributed by atoms with Crippen LogP contribution in [0.2, 0.25) is 5.02 Å². The quantitative estimate of drug-likeness (QED) is 0.368. The van der Waals surface area contributed by atoms with Crippen molar-refractivity contribution in [2.24, 2.45) is 10.1 Å². The van der Waals surface area contributed by atoms with Crippen LogP contribution >= 0.6 is 11.6 Å². The van der Waals surface area contributed by atoms with Crippen molar-refractivity contribution < 1.29 is 23.1 Å². The summed E-state index contributed by atoms with van der Waals surface area (Å²) >= 11 is 5.84. The van der Waals surface area contributed by atoms with Gasteiger partial charge >= 0.3 is 0 Å². The fraction of sp³-hybridized carbons (Fsp3) is 0.391. The van der Waals surface area contributed by atoms with Crippen LogP contribution in [-0.2, 0) is 17.6 Å². The predicted molar refractivity (Wildman–Crippen MR) is 121 cm³/mol. The number of rotatable bonds is 6. The summed E-state index contributed by atoms with van der Waals surface area (Å²) in [5.74, 6) is -2.15. The normalized spacial score (nSPS) is 18.9. The number of amidine groups is 1. The Morgan fingerprint density at radius 3 is 2.67 bits per heavy atom. The van der Waals surface area contributed by atoms with E-state index in [9.17, 15) is 18.4 Å². The van der Waals surface area contributed by atoms with Gasteiger partial charge in [0.1, 0.15) is 11.7 Å². The Morgan fingerprint density at radius 1 is 1.21 bits per heavy atom. The molecule has 2 heterocycles. The van der Waals surface area contributed by atoms with Gasteiger partial charge in [-0.3, -0.25) is 9.89 Å². The maximum atomic E-state index is 14.6. The molecule has 33 heavy (non-hydrogen) atoms. The van der Waals surface area contributed by atoms with Crippen LogP contribution in [0.5, 0.6) is 0 Å². The van der Waals surface area contributed by atoms with Crippen molar-refractivity contribution in [1.29, 1.82) is 0 Å². The van der Waals surface area contributed by atoms with Gasteiger partial charge in [-0.2, -0.15) is 0 Å². The molecule has 0 aromatic heterocycles. The molecule has 2 aliphatic heterocycles. The van der Waals surface area contributed by atoms with E-state index in [-0.39, 0.29) is 40.9 Å². The number of hydrogen-bond acceptors (Lipinski definition) is 5. The number of oxime groups is 1. The zero-order valence-electron chi connectivity index (χ0n) is 18.0. The molecule has 1 fully saturated rings. The van der Waals surface area contributed by atoms with E-state index in [1.54, 1.807) is 0 Å². The first-order valence-electron chi connectivity index (χ1n) is 10.7. The SMILES string of the molecule is CC(CN1CCOCC1)N=C1Cc2c(/C(Cc3ccc(F)c(Cl)c3)=N/O)cc(F)c(F)c2N1. The number of nitrogens with zero attached hydrogens (tertiary/aromatic N) is 3. The highest BCUT2D eigenvalue weighted by Crippen LogP contribution is 2.33. The number of benzene rings is 2. The van der Waals surface area contributed by atoms with Crippen LogP contribution in [-0.4, -0.2) is 60.5 Å². The molecule has 0 amide bonds. The number of fused-ring (bicyclic) bond motifs is 1. The topological polar surface area (TPSA) is 69.5 Å². The molecule has 176 valence electrons. The first-order valence-corrected chi connectivity index (χ1v) is 11.0. The van der Waals surface area contributed by atoms with Gasteiger partial charge in [0.15, 0.2) is 11.6 Å². The Labute approximate surface area is 194 Å². The summed E-state index contributed by atoms with van der Waals surface area (Å²) in [6, 6.07) is 5.04. The average molecular weight is 481 g/mol. The summed E-state index contributed by atoms with van der Waals surface area (Å²) in [6.45, 7) is 5.72. The van der Waals surface area contributed by atoms with Crippen LogP contribution in [0.25, 0.3) is 0 Å². The lowest BCUT2D eigenvalue weighted by Crippen LogP contribution is -2.40. The summed E-state index contributed by atoms with van der Waals surface area (Å²) in [7, 11) is 0. The Kier molecular flexibility index (Phi) is 7.21.